The van der Waals surface area contributed by atoms with E-state index in [-0.39, 0.29) is 10.2 Å². The lowest BCUT2D eigenvalue weighted by atomic mass is 10.2. The summed E-state index contributed by atoms with van der Waals surface area (Å²) in [4.78, 5) is 53.7. The van der Waals surface area contributed by atoms with Crippen LogP contribution in [-0.2, 0) is 23.8 Å². The number of carbonyl (C=O) groups excluding carboxylic acids is 4. The number of amides is 3. The minimum absolute atomic E-state index is 0.0791. The molecule has 0 aliphatic heterocycles. The number of hydrazine groups is 1. The summed E-state index contributed by atoms with van der Waals surface area (Å²) in [6, 6.07) is 0. The predicted molar refractivity (Wildman–Crippen MR) is 94.1 cm³/mol. The summed E-state index contributed by atoms with van der Waals surface area (Å²) in [5.74, 6) is -0.974. The van der Waals surface area contributed by atoms with Crippen LogP contribution in [0.1, 0.15) is 69.2 Å². The zero-order valence-electron chi connectivity index (χ0n) is 17.7. The fraction of sp³-hybridized carbons (Fsp3) is 0.765. The highest BCUT2D eigenvalue weighted by atomic mass is 16.8. The van der Waals surface area contributed by atoms with Crippen LogP contribution in [0.5, 0.6) is 0 Å². The first-order valence-electron chi connectivity index (χ1n) is 8.30. The quantitative estimate of drug-likeness (QED) is 0.454. The molecule has 0 aliphatic rings. The fourth-order valence-corrected chi connectivity index (χ4v) is 1.42. The van der Waals surface area contributed by atoms with E-state index in [1.165, 1.54) is 0 Å². The molecule has 0 unspecified atom stereocenters. The Hall–Kier alpha value is -2.52. The van der Waals surface area contributed by atoms with Gasteiger partial charge in [-0.25, -0.2) is 19.2 Å². The molecule has 0 rings (SSSR count). The van der Waals surface area contributed by atoms with Crippen molar-refractivity contribution in [3.8, 4) is 0 Å². The Morgan fingerprint density at radius 3 is 1.15 bits per heavy atom. The van der Waals surface area contributed by atoms with Crippen molar-refractivity contribution in [3.63, 3.8) is 0 Å². The molecule has 0 aromatic carbocycles. The molecule has 0 heterocycles. The lowest BCUT2D eigenvalue weighted by Crippen LogP contribution is -2.56. The van der Waals surface area contributed by atoms with Crippen LogP contribution >= 0.6 is 0 Å². The van der Waals surface area contributed by atoms with Gasteiger partial charge in [0.05, 0.1) is 0 Å². The van der Waals surface area contributed by atoms with Crippen molar-refractivity contribution in [1.82, 2.24) is 10.2 Å². The van der Waals surface area contributed by atoms with E-state index in [9.17, 15) is 19.2 Å². The van der Waals surface area contributed by atoms with Gasteiger partial charge in [-0.2, -0.15) is 0 Å². The Labute approximate surface area is 159 Å². The molecule has 0 saturated carbocycles. The molecule has 0 aliphatic carbocycles. The summed E-state index contributed by atoms with van der Waals surface area (Å²) in [5.41, 5.74) is -3.01. The zero-order chi connectivity index (χ0) is 21.8. The summed E-state index contributed by atoms with van der Waals surface area (Å²) in [5, 5.41) is 0.210. The van der Waals surface area contributed by atoms with Gasteiger partial charge in [0.25, 0.3) is 0 Å². The summed E-state index contributed by atoms with van der Waals surface area (Å²) in [6.07, 6.45) is -3.86. The molecule has 0 bridgehead atoms. The van der Waals surface area contributed by atoms with Crippen LogP contribution in [0.25, 0.3) is 0 Å². The minimum atomic E-state index is -1.29. The summed E-state index contributed by atoms with van der Waals surface area (Å²) in [7, 11) is 0. The molecule has 27 heavy (non-hydrogen) atoms. The van der Waals surface area contributed by atoms with Gasteiger partial charge >= 0.3 is 24.2 Å². The number of imide groups is 1. The Kier molecular flexibility index (Phi) is 7.66. The van der Waals surface area contributed by atoms with Crippen molar-refractivity contribution in [2.45, 2.75) is 86.0 Å². The van der Waals surface area contributed by atoms with E-state index in [2.05, 4.69) is 0 Å². The third-order valence-corrected chi connectivity index (χ3v) is 2.08. The van der Waals surface area contributed by atoms with E-state index in [0.29, 0.717) is 0 Å². The molecular formula is C17H30N2O8. The van der Waals surface area contributed by atoms with Gasteiger partial charge in [-0.05, 0) is 67.5 Å². The second-order valence-electron chi connectivity index (χ2n) is 8.61. The van der Waals surface area contributed by atoms with E-state index in [1.54, 1.807) is 62.3 Å². The molecule has 3 amide bonds. The Bertz CT molecular complexity index is 553. The smallest absolute Gasteiger partial charge is 0.442 e. The van der Waals surface area contributed by atoms with Crippen molar-refractivity contribution < 1.29 is 38.2 Å². The SMILES string of the molecule is CC(=O)ON(C(=O)OC(C)(C)C)N(C(=O)OC(C)(C)C)C(=O)OC(C)(C)C. The number of hydrogen-bond donors (Lipinski definition) is 0. The molecule has 10 nitrogen and oxygen atoms in total. The highest BCUT2D eigenvalue weighted by Gasteiger charge is 2.42. The van der Waals surface area contributed by atoms with Crippen molar-refractivity contribution in [3.05, 3.63) is 0 Å². The first kappa shape index (κ1) is 24.5. The normalized spacial score (nSPS) is 11.9. The molecular weight excluding hydrogens is 360 g/mol. The molecule has 0 spiro atoms. The predicted octanol–water partition coefficient (Wildman–Crippen LogP) is 3.79. The first-order valence-corrected chi connectivity index (χ1v) is 8.30. The third kappa shape index (κ3) is 10.3. The number of hydrogen-bond acceptors (Lipinski definition) is 8. The molecule has 156 valence electrons. The molecule has 0 atom stereocenters. The lowest BCUT2D eigenvalue weighted by Gasteiger charge is -2.33. The van der Waals surface area contributed by atoms with Gasteiger partial charge in [0.15, 0.2) is 0 Å². The van der Waals surface area contributed by atoms with Gasteiger partial charge in [-0.1, -0.05) is 5.01 Å². The van der Waals surface area contributed by atoms with Gasteiger partial charge in [0.2, 0.25) is 0 Å². The average molecular weight is 390 g/mol. The molecule has 0 N–H and O–H groups in total. The van der Waals surface area contributed by atoms with Crippen LogP contribution in [0.3, 0.4) is 0 Å². The van der Waals surface area contributed by atoms with Crippen LogP contribution in [0.15, 0.2) is 0 Å². The highest BCUT2D eigenvalue weighted by Crippen LogP contribution is 2.19. The van der Waals surface area contributed by atoms with Crippen LogP contribution in [0.2, 0.25) is 0 Å². The van der Waals surface area contributed by atoms with Crippen LogP contribution < -0.4 is 0 Å². The number of ether oxygens (including phenoxy) is 3. The lowest BCUT2D eigenvalue weighted by molar-refractivity contribution is -0.230. The Morgan fingerprint density at radius 1 is 0.593 bits per heavy atom. The number of nitrogens with zero attached hydrogens (tertiary/aromatic N) is 2. The highest BCUT2D eigenvalue weighted by molar-refractivity contribution is 5.90. The van der Waals surface area contributed by atoms with Gasteiger partial charge in [-0.15, -0.1) is 0 Å². The standard InChI is InChI=1S/C17H30N2O8/c1-11(20)27-19(14(23)26-17(8,9)10)18(12(21)24-15(2,3)4)13(22)25-16(5,6)7/h1-10H3. The van der Waals surface area contributed by atoms with Gasteiger partial charge in [0.1, 0.15) is 16.8 Å². The van der Waals surface area contributed by atoms with Crippen molar-refractivity contribution in [1.29, 1.82) is 0 Å². The molecule has 0 radical (unpaired) electrons. The maximum Gasteiger partial charge on any atom is 0.465 e. The minimum Gasteiger partial charge on any atom is -0.442 e. The second kappa shape index (κ2) is 8.45. The van der Waals surface area contributed by atoms with E-state index in [1.807, 2.05) is 0 Å². The molecule has 10 heteroatoms. The maximum absolute atomic E-state index is 12.5. The zero-order valence-corrected chi connectivity index (χ0v) is 17.7. The monoisotopic (exact) mass is 390 g/mol. The molecule has 0 saturated heterocycles. The van der Waals surface area contributed by atoms with Crippen molar-refractivity contribution in [2.75, 3.05) is 0 Å². The van der Waals surface area contributed by atoms with Gasteiger partial charge in [0, 0.05) is 6.92 Å². The number of rotatable bonds is 0. The Balaban J connectivity index is 6.02. The van der Waals surface area contributed by atoms with Crippen molar-refractivity contribution >= 4 is 24.2 Å². The molecule has 0 aromatic heterocycles. The molecule has 0 aromatic rings. The van der Waals surface area contributed by atoms with E-state index >= 15 is 0 Å². The van der Waals surface area contributed by atoms with Crippen LogP contribution in [0, 0.1) is 0 Å². The maximum atomic E-state index is 12.5. The topological polar surface area (TPSA) is 112 Å². The summed E-state index contributed by atoms with van der Waals surface area (Å²) in [6.45, 7) is 15.0. The van der Waals surface area contributed by atoms with E-state index in [4.69, 9.17) is 19.0 Å². The van der Waals surface area contributed by atoms with Crippen LogP contribution in [0.4, 0.5) is 14.4 Å². The summed E-state index contributed by atoms with van der Waals surface area (Å²) >= 11 is 0. The van der Waals surface area contributed by atoms with Gasteiger partial charge in [-0.3, -0.25) is 0 Å². The van der Waals surface area contributed by atoms with E-state index < -0.39 is 41.1 Å². The molecule has 0 fully saturated rings. The van der Waals surface area contributed by atoms with Crippen LogP contribution in [-0.4, -0.2) is 51.2 Å². The average Bonchev–Trinajstić information content (AvgIpc) is 2.30. The third-order valence-electron chi connectivity index (χ3n) is 2.08. The second-order valence-corrected chi connectivity index (χ2v) is 8.61. The largest absolute Gasteiger partial charge is 0.465 e. The summed E-state index contributed by atoms with van der Waals surface area (Å²) < 4.78 is 15.3. The Morgan fingerprint density at radius 2 is 0.889 bits per heavy atom. The number of hydroxylamine groups is 1. The first-order chi connectivity index (χ1) is 11.8. The van der Waals surface area contributed by atoms with Gasteiger partial charge < -0.3 is 19.0 Å². The fourth-order valence-electron chi connectivity index (χ4n) is 1.42. The number of carbonyl (C=O) groups is 4. The van der Waals surface area contributed by atoms with Crippen molar-refractivity contribution in [2.24, 2.45) is 0 Å². The van der Waals surface area contributed by atoms with E-state index in [0.717, 1.165) is 6.92 Å².